The number of amides is 2. The van der Waals surface area contributed by atoms with Gasteiger partial charge in [0.1, 0.15) is 5.69 Å². The first-order valence-electron chi connectivity index (χ1n) is 7.65. The Balaban J connectivity index is 1.96. The number of hydrogen-bond donors (Lipinski definition) is 1. The molecular weight excluding hydrogens is 266 g/mol. The van der Waals surface area contributed by atoms with Gasteiger partial charge in [0.25, 0.3) is 5.91 Å². The van der Waals surface area contributed by atoms with E-state index in [9.17, 15) is 9.59 Å². The maximum Gasteiger partial charge on any atom is 0.272 e. The number of carbonyl (C=O) groups excluding carboxylic acids is 2. The van der Waals surface area contributed by atoms with E-state index < -0.39 is 5.91 Å². The van der Waals surface area contributed by atoms with Gasteiger partial charge >= 0.3 is 0 Å². The molecule has 0 unspecified atom stereocenters. The highest BCUT2D eigenvalue weighted by Gasteiger charge is 2.21. The summed E-state index contributed by atoms with van der Waals surface area (Å²) in [5.41, 5.74) is 5.63. The molecule has 1 aromatic rings. The topological polar surface area (TPSA) is 76.3 Å². The molecule has 0 bridgehead atoms. The first-order chi connectivity index (χ1) is 10.2. The number of nitrogens with zero attached hydrogens (tertiary/aromatic N) is 2. The molecule has 0 aromatic carbocycles. The van der Waals surface area contributed by atoms with Gasteiger partial charge in [-0.15, -0.1) is 0 Å². The highest BCUT2D eigenvalue weighted by Crippen LogP contribution is 2.26. The van der Waals surface area contributed by atoms with Gasteiger partial charge in [0.05, 0.1) is 6.54 Å². The summed E-state index contributed by atoms with van der Waals surface area (Å²) in [6.45, 7) is 0.533. The Morgan fingerprint density at radius 1 is 1.24 bits per heavy atom. The Hall–Kier alpha value is -1.91. The zero-order chi connectivity index (χ0) is 15.1. The zero-order valence-corrected chi connectivity index (χ0v) is 12.3. The second-order valence-electron chi connectivity index (χ2n) is 5.70. The van der Waals surface area contributed by atoms with Crippen molar-refractivity contribution in [3.8, 4) is 0 Å². The fourth-order valence-corrected chi connectivity index (χ4v) is 2.91. The van der Waals surface area contributed by atoms with Gasteiger partial charge in [-0.2, -0.15) is 0 Å². The van der Waals surface area contributed by atoms with Crippen LogP contribution in [-0.4, -0.2) is 34.8 Å². The quantitative estimate of drug-likeness (QED) is 0.870. The van der Waals surface area contributed by atoms with Crippen molar-refractivity contribution in [2.45, 2.75) is 38.5 Å². The van der Waals surface area contributed by atoms with Crippen molar-refractivity contribution in [1.82, 2.24) is 9.88 Å². The molecule has 1 aromatic heterocycles. The fourth-order valence-electron chi connectivity index (χ4n) is 2.91. The number of nitrogens with two attached hydrogens (primary N) is 1. The van der Waals surface area contributed by atoms with Crippen LogP contribution >= 0.6 is 0 Å². The summed E-state index contributed by atoms with van der Waals surface area (Å²) in [6, 6.07) is 5.19. The third-order valence-electron chi connectivity index (χ3n) is 4.05. The van der Waals surface area contributed by atoms with Crippen molar-refractivity contribution in [1.29, 1.82) is 0 Å². The summed E-state index contributed by atoms with van der Waals surface area (Å²) in [5.74, 6) is -0.0428. The third-order valence-corrected chi connectivity index (χ3v) is 4.05. The van der Waals surface area contributed by atoms with Crippen molar-refractivity contribution < 1.29 is 9.59 Å². The van der Waals surface area contributed by atoms with Crippen LogP contribution in [0.4, 0.5) is 0 Å². The van der Waals surface area contributed by atoms with Gasteiger partial charge in [0.2, 0.25) is 5.91 Å². The van der Waals surface area contributed by atoms with Crippen molar-refractivity contribution in [3.05, 3.63) is 30.1 Å². The minimum Gasteiger partial charge on any atom is -0.368 e. The SMILES string of the molecule is NC(=O)CN(CCC1CCCCC1)C(=O)c1ccccn1. The highest BCUT2D eigenvalue weighted by molar-refractivity contribution is 5.94. The van der Waals surface area contributed by atoms with E-state index in [1.807, 2.05) is 0 Å². The molecule has 114 valence electrons. The smallest absolute Gasteiger partial charge is 0.272 e. The highest BCUT2D eigenvalue weighted by atomic mass is 16.2. The van der Waals surface area contributed by atoms with Crippen LogP contribution in [0.15, 0.2) is 24.4 Å². The summed E-state index contributed by atoms with van der Waals surface area (Å²) >= 11 is 0. The van der Waals surface area contributed by atoms with Gasteiger partial charge in [-0.3, -0.25) is 14.6 Å². The third kappa shape index (κ3) is 4.85. The first kappa shape index (κ1) is 15.5. The lowest BCUT2D eigenvalue weighted by molar-refractivity contribution is -0.118. The van der Waals surface area contributed by atoms with E-state index in [1.54, 1.807) is 24.4 Å². The van der Waals surface area contributed by atoms with Crippen molar-refractivity contribution >= 4 is 11.8 Å². The molecule has 1 heterocycles. The molecule has 0 radical (unpaired) electrons. The Bertz CT molecular complexity index is 470. The first-order valence-corrected chi connectivity index (χ1v) is 7.65. The number of pyridine rings is 1. The Morgan fingerprint density at radius 3 is 2.62 bits per heavy atom. The molecule has 0 aliphatic heterocycles. The van der Waals surface area contributed by atoms with Crippen LogP contribution in [0.3, 0.4) is 0 Å². The molecule has 1 aliphatic rings. The number of hydrogen-bond acceptors (Lipinski definition) is 3. The van der Waals surface area contributed by atoms with Crippen LogP contribution in [0.5, 0.6) is 0 Å². The van der Waals surface area contributed by atoms with Crippen LogP contribution < -0.4 is 5.73 Å². The van der Waals surface area contributed by atoms with E-state index in [0.29, 0.717) is 18.2 Å². The maximum atomic E-state index is 12.4. The molecule has 5 nitrogen and oxygen atoms in total. The molecule has 2 rings (SSSR count). The van der Waals surface area contributed by atoms with Crippen molar-refractivity contribution in [3.63, 3.8) is 0 Å². The summed E-state index contributed by atoms with van der Waals surface area (Å²) in [6.07, 6.45) is 8.82. The molecule has 0 spiro atoms. The Labute approximate surface area is 125 Å². The fraction of sp³-hybridized carbons (Fsp3) is 0.562. The van der Waals surface area contributed by atoms with Gasteiger partial charge in [-0.05, 0) is 24.5 Å². The Kier molecular flexibility index (Phi) is 5.72. The van der Waals surface area contributed by atoms with Crippen LogP contribution in [0, 0.1) is 5.92 Å². The lowest BCUT2D eigenvalue weighted by Crippen LogP contribution is -2.40. The number of primary amides is 1. The minimum absolute atomic E-state index is 0.0396. The lowest BCUT2D eigenvalue weighted by atomic mass is 9.87. The summed E-state index contributed by atoms with van der Waals surface area (Å²) < 4.78 is 0. The van der Waals surface area contributed by atoms with Crippen molar-refractivity contribution in [2.75, 3.05) is 13.1 Å². The molecule has 0 atom stereocenters. The largest absolute Gasteiger partial charge is 0.368 e. The molecule has 21 heavy (non-hydrogen) atoms. The molecule has 5 heteroatoms. The summed E-state index contributed by atoms with van der Waals surface area (Å²) in [5, 5.41) is 0. The average molecular weight is 289 g/mol. The molecule has 2 amide bonds. The van der Waals surface area contributed by atoms with E-state index in [4.69, 9.17) is 5.73 Å². The van der Waals surface area contributed by atoms with E-state index >= 15 is 0 Å². The predicted octanol–water partition coefficient (Wildman–Crippen LogP) is 1.98. The number of carbonyl (C=O) groups is 2. The number of rotatable bonds is 6. The zero-order valence-electron chi connectivity index (χ0n) is 12.3. The standard InChI is InChI=1S/C16H23N3O2/c17-15(20)12-19(11-9-13-6-2-1-3-7-13)16(21)14-8-4-5-10-18-14/h4-5,8,10,13H,1-3,6-7,9,11-12H2,(H2,17,20). The molecule has 2 N–H and O–H groups in total. The number of aromatic nitrogens is 1. The van der Waals surface area contributed by atoms with Crippen LogP contribution in [0.25, 0.3) is 0 Å². The predicted molar refractivity (Wildman–Crippen MR) is 80.5 cm³/mol. The van der Waals surface area contributed by atoms with Crippen LogP contribution in [0.1, 0.15) is 49.0 Å². The van der Waals surface area contributed by atoms with Gasteiger partial charge in [0, 0.05) is 12.7 Å². The van der Waals surface area contributed by atoms with Gasteiger partial charge in [-0.25, -0.2) is 0 Å². The average Bonchev–Trinajstić information content (AvgIpc) is 2.52. The van der Waals surface area contributed by atoms with E-state index in [1.165, 1.54) is 37.0 Å². The minimum atomic E-state index is -0.483. The van der Waals surface area contributed by atoms with E-state index in [-0.39, 0.29) is 12.5 Å². The molecule has 1 fully saturated rings. The normalized spacial score (nSPS) is 15.6. The second kappa shape index (κ2) is 7.76. The second-order valence-corrected chi connectivity index (χ2v) is 5.70. The van der Waals surface area contributed by atoms with E-state index in [0.717, 1.165) is 6.42 Å². The molecule has 1 aliphatic carbocycles. The monoisotopic (exact) mass is 289 g/mol. The molecular formula is C16H23N3O2. The Morgan fingerprint density at radius 2 is 2.00 bits per heavy atom. The lowest BCUT2D eigenvalue weighted by Gasteiger charge is -2.26. The summed E-state index contributed by atoms with van der Waals surface area (Å²) in [7, 11) is 0. The van der Waals surface area contributed by atoms with Gasteiger partial charge in [-0.1, -0.05) is 38.2 Å². The maximum absolute atomic E-state index is 12.4. The van der Waals surface area contributed by atoms with Gasteiger partial charge < -0.3 is 10.6 Å². The van der Waals surface area contributed by atoms with Crippen molar-refractivity contribution in [2.24, 2.45) is 11.7 Å². The molecule has 1 saturated carbocycles. The summed E-state index contributed by atoms with van der Waals surface area (Å²) in [4.78, 5) is 29.2. The van der Waals surface area contributed by atoms with E-state index in [2.05, 4.69) is 4.98 Å². The van der Waals surface area contributed by atoms with Crippen LogP contribution in [0.2, 0.25) is 0 Å². The molecule has 0 saturated heterocycles. The van der Waals surface area contributed by atoms with Gasteiger partial charge in [0.15, 0.2) is 0 Å². The van der Waals surface area contributed by atoms with Crippen LogP contribution in [-0.2, 0) is 4.79 Å².